The lowest BCUT2D eigenvalue weighted by molar-refractivity contribution is -0.139. The molecule has 3 N–H and O–H groups in total. The van der Waals surface area contributed by atoms with Gasteiger partial charge < -0.3 is 15.7 Å². The number of hydrogen-bond donors (Lipinski definition) is 2. The predicted molar refractivity (Wildman–Crippen MR) is 66.4 cm³/mol. The summed E-state index contributed by atoms with van der Waals surface area (Å²) in [6.45, 7) is 0.487. The highest BCUT2D eigenvalue weighted by atomic mass is 16.3. The molecule has 0 bridgehead atoms. The summed E-state index contributed by atoms with van der Waals surface area (Å²) >= 11 is 0. The van der Waals surface area contributed by atoms with E-state index >= 15 is 0 Å². The second-order valence-electron chi connectivity index (χ2n) is 5.52. The topological polar surface area (TPSA) is 66.6 Å². The molecule has 0 aromatic heterocycles. The van der Waals surface area contributed by atoms with Crippen molar-refractivity contribution in [1.29, 1.82) is 0 Å². The molecule has 4 nitrogen and oxygen atoms in total. The average Bonchev–Trinajstić information content (AvgIpc) is 2.96. The van der Waals surface area contributed by atoms with Crippen LogP contribution in [0.1, 0.15) is 51.4 Å². The van der Waals surface area contributed by atoms with Crippen LogP contribution in [0.25, 0.3) is 0 Å². The molecule has 0 aromatic rings. The third kappa shape index (κ3) is 2.63. The van der Waals surface area contributed by atoms with E-state index in [9.17, 15) is 4.79 Å². The quantitative estimate of drug-likeness (QED) is 0.771. The van der Waals surface area contributed by atoms with Crippen LogP contribution in [-0.2, 0) is 4.79 Å². The zero-order chi connectivity index (χ0) is 12.3. The highest BCUT2D eigenvalue weighted by molar-refractivity contribution is 5.86. The Labute approximate surface area is 103 Å². The van der Waals surface area contributed by atoms with Gasteiger partial charge in [0.05, 0.1) is 12.1 Å². The summed E-state index contributed by atoms with van der Waals surface area (Å²) in [7, 11) is 0. The first kappa shape index (κ1) is 12.8. The lowest BCUT2D eigenvalue weighted by Crippen LogP contribution is -2.56. The number of aliphatic hydroxyl groups excluding tert-OH is 1. The lowest BCUT2D eigenvalue weighted by atomic mass is 9.96. The van der Waals surface area contributed by atoms with Gasteiger partial charge in [-0.2, -0.15) is 0 Å². The summed E-state index contributed by atoms with van der Waals surface area (Å²) in [5.41, 5.74) is 5.59. The van der Waals surface area contributed by atoms with Gasteiger partial charge in [-0.1, -0.05) is 25.7 Å². The van der Waals surface area contributed by atoms with Crippen LogP contribution in [0.15, 0.2) is 0 Å². The first-order valence-electron chi connectivity index (χ1n) is 6.88. The Morgan fingerprint density at radius 3 is 2.35 bits per heavy atom. The Bertz CT molecular complexity index is 269. The number of aliphatic hydroxyl groups is 1. The zero-order valence-corrected chi connectivity index (χ0v) is 10.5. The summed E-state index contributed by atoms with van der Waals surface area (Å²) < 4.78 is 0. The Morgan fingerprint density at radius 1 is 1.24 bits per heavy atom. The summed E-state index contributed by atoms with van der Waals surface area (Å²) in [4.78, 5) is 14.4. The molecule has 2 fully saturated rings. The average molecular weight is 240 g/mol. The second kappa shape index (κ2) is 5.36. The van der Waals surface area contributed by atoms with Crippen LogP contribution >= 0.6 is 0 Å². The van der Waals surface area contributed by atoms with E-state index < -0.39 is 5.54 Å². The third-order valence-electron chi connectivity index (χ3n) is 4.29. The van der Waals surface area contributed by atoms with Crippen molar-refractivity contribution in [2.45, 2.75) is 62.9 Å². The molecule has 0 radical (unpaired) electrons. The van der Waals surface area contributed by atoms with Crippen LogP contribution in [0.2, 0.25) is 0 Å². The molecule has 0 atom stereocenters. The first-order valence-corrected chi connectivity index (χ1v) is 6.88. The van der Waals surface area contributed by atoms with Gasteiger partial charge in [0.25, 0.3) is 0 Å². The van der Waals surface area contributed by atoms with Crippen LogP contribution in [0.5, 0.6) is 0 Å². The molecule has 0 saturated heterocycles. The fourth-order valence-corrected chi connectivity index (χ4v) is 3.28. The van der Waals surface area contributed by atoms with Gasteiger partial charge in [0.2, 0.25) is 5.91 Å². The molecular weight excluding hydrogens is 216 g/mol. The Hall–Kier alpha value is -0.610. The van der Waals surface area contributed by atoms with Crippen LogP contribution < -0.4 is 5.73 Å². The Morgan fingerprint density at radius 2 is 1.82 bits per heavy atom. The molecular formula is C13H24N2O2. The summed E-state index contributed by atoms with van der Waals surface area (Å²) in [6, 6.07) is 0.315. The summed E-state index contributed by atoms with van der Waals surface area (Å²) in [6.07, 6.45) is 8.25. The van der Waals surface area contributed by atoms with E-state index in [-0.39, 0.29) is 12.5 Å². The van der Waals surface area contributed by atoms with Gasteiger partial charge in [-0.15, -0.1) is 0 Å². The normalized spacial score (nSPS) is 24.1. The van der Waals surface area contributed by atoms with Crippen molar-refractivity contribution < 1.29 is 9.90 Å². The predicted octanol–water partition coefficient (Wildman–Crippen LogP) is 1.02. The molecule has 2 aliphatic carbocycles. The number of carbonyl (C=O) groups is 1. The molecule has 4 heteroatoms. The summed E-state index contributed by atoms with van der Waals surface area (Å²) in [5.74, 6) is 0.0796. The lowest BCUT2D eigenvalue weighted by Gasteiger charge is -2.35. The van der Waals surface area contributed by atoms with Crippen molar-refractivity contribution in [2.75, 3.05) is 13.2 Å². The van der Waals surface area contributed by atoms with Gasteiger partial charge in [0, 0.05) is 12.6 Å². The van der Waals surface area contributed by atoms with Crippen LogP contribution in [-0.4, -0.2) is 40.6 Å². The van der Waals surface area contributed by atoms with Crippen molar-refractivity contribution in [3.05, 3.63) is 0 Å². The summed E-state index contributed by atoms with van der Waals surface area (Å²) in [5, 5.41) is 9.14. The fraction of sp³-hybridized carbons (Fsp3) is 0.923. The second-order valence-corrected chi connectivity index (χ2v) is 5.52. The fourth-order valence-electron chi connectivity index (χ4n) is 3.28. The van der Waals surface area contributed by atoms with Gasteiger partial charge in [0.15, 0.2) is 0 Å². The maximum Gasteiger partial charge on any atom is 0.242 e. The van der Waals surface area contributed by atoms with E-state index in [1.54, 1.807) is 0 Å². The van der Waals surface area contributed by atoms with Gasteiger partial charge in [-0.3, -0.25) is 4.79 Å². The number of amides is 1. The molecule has 2 aliphatic rings. The van der Waals surface area contributed by atoms with Crippen molar-refractivity contribution in [2.24, 2.45) is 5.73 Å². The Kier molecular flexibility index (Phi) is 4.05. The molecule has 0 heterocycles. The van der Waals surface area contributed by atoms with Gasteiger partial charge >= 0.3 is 0 Å². The van der Waals surface area contributed by atoms with Crippen molar-refractivity contribution in [3.63, 3.8) is 0 Å². The highest BCUT2D eigenvalue weighted by Gasteiger charge is 2.41. The Balaban J connectivity index is 2.06. The maximum absolute atomic E-state index is 12.5. The van der Waals surface area contributed by atoms with E-state index in [1.807, 2.05) is 4.90 Å². The molecule has 0 spiro atoms. The minimum absolute atomic E-state index is 0.0400. The molecule has 2 rings (SSSR count). The molecule has 0 unspecified atom stereocenters. The smallest absolute Gasteiger partial charge is 0.242 e. The minimum atomic E-state index is -0.641. The van der Waals surface area contributed by atoms with Gasteiger partial charge in [-0.05, 0) is 25.7 Å². The standard InChI is InChI=1S/C13H24N2O2/c14-13(7-3-4-8-13)12(17)15(9-10-16)11-5-1-2-6-11/h11,16H,1-10,14H2. The first-order chi connectivity index (χ1) is 8.17. The molecule has 17 heavy (non-hydrogen) atoms. The SMILES string of the molecule is NC1(C(=O)N(CCO)C2CCCC2)CCCC1. The number of hydrogen-bond acceptors (Lipinski definition) is 3. The highest BCUT2D eigenvalue weighted by Crippen LogP contribution is 2.32. The van der Waals surface area contributed by atoms with Crippen molar-refractivity contribution in [1.82, 2.24) is 4.90 Å². The molecule has 2 saturated carbocycles. The van der Waals surface area contributed by atoms with Gasteiger partial charge in [-0.25, -0.2) is 0 Å². The zero-order valence-electron chi connectivity index (χ0n) is 10.5. The molecule has 98 valence electrons. The van der Waals surface area contributed by atoms with E-state index in [0.29, 0.717) is 12.6 Å². The van der Waals surface area contributed by atoms with Crippen molar-refractivity contribution in [3.8, 4) is 0 Å². The molecule has 1 amide bonds. The van der Waals surface area contributed by atoms with Crippen molar-refractivity contribution >= 4 is 5.91 Å². The largest absolute Gasteiger partial charge is 0.395 e. The van der Waals surface area contributed by atoms with E-state index in [2.05, 4.69) is 0 Å². The van der Waals surface area contributed by atoms with Crippen LogP contribution in [0, 0.1) is 0 Å². The van der Waals surface area contributed by atoms with E-state index in [0.717, 1.165) is 38.5 Å². The van der Waals surface area contributed by atoms with Gasteiger partial charge in [0.1, 0.15) is 0 Å². The maximum atomic E-state index is 12.5. The van der Waals surface area contributed by atoms with E-state index in [4.69, 9.17) is 10.8 Å². The van der Waals surface area contributed by atoms with Crippen LogP contribution in [0.3, 0.4) is 0 Å². The minimum Gasteiger partial charge on any atom is -0.395 e. The molecule has 0 aliphatic heterocycles. The monoisotopic (exact) mass is 240 g/mol. The van der Waals surface area contributed by atoms with E-state index in [1.165, 1.54) is 12.8 Å². The molecule has 0 aromatic carbocycles. The third-order valence-corrected chi connectivity index (χ3v) is 4.29. The number of carbonyl (C=O) groups excluding carboxylic acids is 1. The van der Waals surface area contributed by atoms with Crippen LogP contribution in [0.4, 0.5) is 0 Å². The number of rotatable bonds is 4. The number of nitrogens with zero attached hydrogens (tertiary/aromatic N) is 1. The number of nitrogens with two attached hydrogens (primary N) is 1.